The van der Waals surface area contributed by atoms with Gasteiger partial charge in [-0.1, -0.05) is 0 Å². The van der Waals surface area contributed by atoms with Crippen LogP contribution < -0.4 is 9.47 Å². The molecule has 0 aliphatic carbocycles. The highest BCUT2D eigenvalue weighted by Gasteiger charge is 2.14. The van der Waals surface area contributed by atoms with Gasteiger partial charge in [0.25, 0.3) is 0 Å². The quantitative estimate of drug-likeness (QED) is 0.791. The van der Waals surface area contributed by atoms with Gasteiger partial charge >= 0.3 is 0 Å². The van der Waals surface area contributed by atoms with Crippen molar-refractivity contribution in [2.24, 2.45) is 0 Å². The first-order valence-corrected chi connectivity index (χ1v) is 5.37. The fourth-order valence-corrected chi connectivity index (χ4v) is 1.63. The van der Waals surface area contributed by atoms with Crippen molar-refractivity contribution < 1.29 is 14.3 Å². The molecule has 1 aromatic rings. The van der Waals surface area contributed by atoms with Crippen molar-refractivity contribution in [2.75, 3.05) is 7.11 Å². The fraction of sp³-hybridized carbons (Fsp3) is 0.364. The lowest BCUT2D eigenvalue weighted by atomic mass is 10.2. The molecule has 0 radical (unpaired) electrons. The van der Waals surface area contributed by atoms with E-state index in [0.29, 0.717) is 21.5 Å². The molecule has 0 spiro atoms. The summed E-state index contributed by atoms with van der Waals surface area (Å²) in [6.07, 6.45) is 0.787. The van der Waals surface area contributed by atoms with Crippen LogP contribution >= 0.6 is 15.9 Å². The topological polar surface area (TPSA) is 35.5 Å². The first-order valence-electron chi connectivity index (χ1n) is 4.58. The second kappa shape index (κ2) is 5.16. The van der Waals surface area contributed by atoms with Gasteiger partial charge in [0, 0.05) is 4.47 Å². The molecule has 82 valence electrons. The molecular weight excluding hydrogens is 260 g/mol. The SMILES string of the molecule is COc1c(OC(C)C)ccc(Br)c1C=O. The maximum Gasteiger partial charge on any atom is 0.172 e. The van der Waals surface area contributed by atoms with Crippen LogP contribution in [-0.4, -0.2) is 19.5 Å². The Morgan fingerprint density at radius 1 is 1.40 bits per heavy atom. The first-order chi connectivity index (χ1) is 7.10. The van der Waals surface area contributed by atoms with E-state index >= 15 is 0 Å². The van der Waals surface area contributed by atoms with Gasteiger partial charge < -0.3 is 9.47 Å². The molecule has 0 atom stereocenters. The van der Waals surface area contributed by atoms with E-state index in [1.165, 1.54) is 7.11 Å². The molecule has 1 rings (SSSR count). The zero-order valence-electron chi connectivity index (χ0n) is 8.91. The highest BCUT2D eigenvalue weighted by atomic mass is 79.9. The number of carbonyl (C=O) groups is 1. The zero-order chi connectivity index (χ0) is 11.4. The fourth-order valence-electron chi connectivity index (χ4n) is 1.22. The van der Waals surface area contributed by atoms with Crippen LogP contribution in [0.3, 0.4) is 0 Å². The summed E-state index contributed by atoms with van der Waals surface area (Å²) in [5, 5.41) is 0. The minimum absolute atomic E-state index is 0.0413. The second-order valence-electron chi connectivity index (χ2n) is 3.28. The number of halogens is 1. The van der Waals surface area contributed by atoms with Crippen molar-refractivity contribution in [1.82, 2.24) is 0 Å². The molecule has 0 aliphatic rings. The molecule has 0 amide bonds. The smallest absolute Gasteiger partial charge is 0.172 e. The molecule has 0 heterocycles. The molecule has 3 nitrogen and oxygen atoms in total. The highest BCUT2D eigenvalue weighted by Crippen LogP contribution is 2.35. The van der Waals surface area contributed by atoms with Gasteiger partial charge in [-0.2, -0.15) is 0 Å². The second-order valence-corrected chi connectivity index (χ2v) is 4.13. The van der Waals surface area contributed by atoms with Crippen LogP contribution in [0.2, 0.25) is 0 Å². The van der Waals surface area contributed by atoms with Gasteiger partial charge in [-0.25, -0.2) is 0 Å². The van der Waals surface area contributed by atoms with Crippen molar-refractivity contribution in [3.05, 3.63) is 22.2 Å². The number of carbonyl (C=O) groups excluding carboxylic acids is 1. The zero-order valence-corrected chi connectivity index (χ0v) is 10.5. The minimum Gasteiger partial charge on any atom is -0.492 e. The molecule has 0 aliphatic heterocycles. The van der Waals surface area contributed by atoms with E-state index in [9.17, 15) is 4.79 Å². The summed E-state index contributed by atoms with van der Waals surface area (Å²) in [5.74, 6) is 1.05. The van der Waals surface area contributed by atoms with Crippen molar-refractivity contribution in [3.63, 3.8) is 0 Å². The van der Waals surface area contributed by atoms with Crippen LogP contribution in [0.15, 0.2) is 16.6 Å². The Kier molecular flexibility index (Phi) is 4.15. The molecule has 0 N–H and O–H groups in total. The largest absolute Gasteiger partial charge is 0.492 e. The molecule has 0 saturated heterocycles. The summed E-state index contributed by atoms with van der Waals surface area (Å²) in [7, 11) is 1.52. The monoisotopic (exact) mass is 272 g/mol. The highest BCUT2D eigenvalue weighted by molar-refractivity contribution is 9.10. The minimum atomic E-state index is 0.0413. The third kappa shape index (κ3) is 2.72. The third-order valence-corrected chi connectivity index (χ3v) is 2.48. The molecule has 0 unspecified atom stereocenters. The number of methoxy groups -OCH3 is 1. The van der Waals surface area contributed by atoms with Crippen LogP contribution in [0.1, 0.15) is 24.2 Å². The van der Waals surface area contributed by atoms with E-state index in [-0.39, 0.29) is 6.10 Å². The van der Waals surface area contributed by atoms with Gasteiger partial charge in [-0.3, -0.25) is 4.79 Å². The molecule has 0 bridgehead atoms. The van der Waals surface area contributed by atoms with Crippen molar-refractivity contribution in [2.45, 2.75) is 20.0 Å². The lowest BCUT2D eigenvalue weighted by Crippen LogP contribution is -2.07. The van der Waals surface area contributed by atoms with E-state index in [1.807, 2.05) is 13.8 Å². The average molecular weight is 273 g/mol. The maximum atomic E-state index is 10.9. The Balaban J connectivity index is 3.22. The number of aldehydes is 1. The van der Waals surface area contributed by atoms with Crippen LogP contribution in [0.25, 0.3) is 0 Å². The Hall–Kier alpha value is -1.03. The molecular formula is C11H13BrO3. The average Bonchev–Trinajstić information content (AvgIpc) is 2.19. The molecule has 0 fully saturated rings. The van der Waals surface area contributed by atoms with E-state index in [2.05, 4.69) is 15.9 Å². The number of benzene rings is 1. The van der Waals surface area contributed by atoms with Gasteiger partial charge in [0.2, 0.25) is 0 Å². The molecule has 4 heteroatoms. The predicted molar refractivity (Wildman–Crippen MR) is 61.8 cm³/mol. The van der Waals surface area contributed by atoms with Gasteiger partial charge in [-0.05, 0) is 41.9 Å². The lowest BCUT2D eigenvalue weighted by molar-refractivity contribution is 0.111. The van der Waals surface area contributed by atoms with Gasteiger partial charge in [0.05, 0.1) is 18.8 Å². The Morgan fingerprint density at radius 2 is 2.07 bits per heavy atom. The normalized spacial score (nSPS) is 10.2. The van der Waals surface area contributed by atoms with E-state index in [4.69, 9.17) is 9.47 Å². The molecule has 15 heavy (non-hydrogen) atoms. The van der Waals surface area contributed by atoms with Crippen LogP contribution in [0, 0.1) is 0 Å². The lowest BCUT2D eigenvalue weighted by Gasteiger charge is -2.15. The molecule has 0 aromatic heterocycles. The number of hydrogen-bond donors (Lipinski definition) is 0. The van der Waals surface area contributed by atoms with E-state index < -0.39 is 0 Å². The third-order valence-electron chi connectivity index (χ3n) is 1.79. The maximum absolute atomic E-state index is 10.9. The first kappa shape index (κ1) is 12.0. The van der Waals surface area contributed by atoms with Crippen LogP contribution in [0.4, 0.5) is 0 Å². The number of ether oxygens (including phenoxy) is 2. The molecule has 0 saturated carbocycles. The van der Waals surface area contributed by atoms with E-state index in [1.54, 1.807) is 12.1 Å². The summed E-state index contributed by atoms with van der Waals surface area (Å²) in [4.78, 5) is 10.9. The summed E-state index contributed by atoms with van der Waals surface area (Å²) in [5.41, 5.74) is 0.468. The number of rotatable bonds is 4. The van der Waals surface area contributed by atoms with Crippen molar-refractivity contribution in [3.8, 4) is 11.5 Å². The Morgan fingerprint density at radius 3 is 2.53 bits per heavy atom. The van der Waals surface area contributed by atoms with E-state index in [0.717, 1.165) is 6.29 Å². The summed E-state index contributed by atoms with van der Waals surface area (Å²) < 4.78 is 11.4. The van der Waals surface area contributed by atoms with Crippen LogP contribution in [-0.2, 0) is 0 Å². The summed E-state index contributed by atoms with van der Waals surface area (Å²) in [6.45, 7) is 3.84. The molecule has 1 aromatic carbocycles. The van der Waals surface area contributed by atoms with Crippen molar-refractivity contribution in [1.29, 1.82) is 0 Å². The van der Waals surface area contributed by atoms with Gasteiger partial charge in [0.15, 0.2) is 17.8 Å². The summed E-state index contributed by atoms with van der Waals surface area (Å²) >= 11 is 3.28. The summed E-state index contributed by atoms with van der Waals surface area (Å²) in [6, 6.07) is 3.54. The van der Waals surface area contributed by atoms with Crippen LogP contribution in [0.5, 0.6) is 11.5 Å². The van der Waals surface area contributed by atoms with Gasteiger partial charge in [-0.15, -0.1) is 0 Å². The van der Waals surface area contributed by atoms with Gasteiger partial charge in [0.1, 0.15) is 0 Å². The Bertz CT molecular complexity index is 361. The Labute approximate surface area is 97.5 Å². The standard InChI is InChI=1S/C11H13BrO3/c1-7(2)15-10-5-4-9(12)8(6-13)11(10)14-3/h4-7H,1-3H3. The predicted octanol–water partition coefficient (Wildman–Crippen LogP) is 3.06. The van der Waals surface area contributed by atoms with Crippen molar-refractivity contribution >= 4 is 22.2 Å². The number of hydrogen-bond acceptors (Lipinski definition) is 3.